The lowest BCUT2D eigenvalue weighted by atomic mass is 10.1. The molecule has 1 heterocycles. The van der Waals surface area contributed by atoms with E-state index in [1.54, 1.807) is 19.1 Å². The van der Waals surface area contributed by atoms with E-state index < -0.39 is 6.04 Å². The fourth-order valence-electron chi connectivity index (χ4n) is 2.20. The quantitative estimate of drug-likeness (QED) is 0.685. The Labute approximate surface area is 110 Å². The SMILES string of the molecule is COCCCC(N)C(=O)N(C)CC1CCCCO1. The van der Waals surface area contributed by atoms with Gasteiger partial charge in [0, 0.05) is 33.9 Å². The van der Waals surface area contributed by atoms with E-state index in [0.717, 1.165) is 25.9 Å². The van der Waals surface area contributed by atoms with Crippen LogP contribution in [-0.2, 0) is 14.3 Å². The fourth-order valence-corrected chi connectivity index (χ4v) is 2.20. The summed E-state index contributed by atoms with van der Waals surface area (Å²) in [5.41, 5.74) is 5.88. The third kappa shape index (κ3) is 5.33. The van der Waals surface area contributed by atoms with Crippen LogP contribution in [-0.4, -0.2) is 56.9 Å². The highest BCUT2D eigenvalue weighted by Gasteiger charge is 2.22. The molecule has 2 unspecified atom stereocenters. The van der Waals surface area contributed by atoms with E-state index in [-0.39, 0.29) is 12.0 Å². The maximum absolute atomic E-state index is 12.0. The van der Waals surface area contributed by atoms with Gasteiger partial charge in [0.05, 0.1) is 12.1 Å². The highest BCUT2D eigenvalue weighted by atomic mass is 16.5. The molecule has 106 valence electrons. The number of methoxy groups -OCH3 is 1. The van der Waals surface area contributed by atoms with Crippen molar-refractivity contribution in [3.63, 3.8) is 0 Å². The predicted octanol–water partition coefficient (Wildman–Crippen LogP) is 0.768. The van der Waals surface area contributed by atoms with Gasteiger partial charge in [-0.25, -0.2) is 0 Å². The molecule has 0 aromatic rings. The predicted molar refractivity (Wildman–Crippen MR) is 70.3 cm³/mol. The molecule has 1 rings (SSSR count). The van der Waals surface area contributed by atoms with Crippen molar-refractivity contribution in [2.24, 2.45) is 5.73 Å². The molecule has 1 aliphatic heterocycles. The molecule has 0 aliphatic carbocycles. The Morgan fingerprint density at radius 1 is 1.56 bits per heavy atom. The highest BCUT2D eigenvalue weighted by molar-refractivity contribution is 5.81. The summed E-state index contributed by atoms with van der Waals surface area (Å²) in [4.78, 5) is 13.7. The number of nitrogens with zero attached hydrogens (tertiary/aromatic N) is 1. The van der Waals surface area contributed by atoms with Crippen molar-refractivity contribution < 1.29 is 14.3 Å². The number of nitrogens with two attached hydrogens (primary N) is 1. The first-order valence-electron chi connectivity index (χ1n) is 6.76. The largest absolute Gasteiger partial charge is 0.385 e. The zero-order valence-electron chi connectivity index (χ0n) is 11.6. The zero-order chi connectivity index (χ0) is 13.4. The van der Waals surface area contributed by atoms with Gasteiger partial charge >= 0.3 is 0 Å². The first-order chi connectivity index (χ1) is 8.65. The first kappa shape index (κ1) is 15.4. The maximum Gasteiger partial charge on any atom is 0.239 e. The average molecular weight is 258 g/mol. The lowest BCUT2D eigenvalue weighted by Gasteiger charge is -2.28. The van der Waals surface area contributed by atoms with E-state index in [2.05, 4.69) is 0 Å². The summed E-state index contributed by atoms with van der Waals surface area (Å²) < 4.78 is 10.6. The summed E-state index contributed by atoms with van der Waals surface area (Å²) in [7, 11) is 3.45. The molecule has 0 aromatic carbocycles. The van der Waals surface area contributed by atoms with Gasteiger partial charge in [-0.05, 0) is 32.1 Å². The third-order valence-electron chi connectivity index (χ3n) is 3.31. The highest BCUT2D eigenvalue weighted by Crippen LogP contribution is 2.13. The van der Waals surface area contributed by atoms with Crippen LogP contribution in [0.15, 0.2) is 0 Å². The van der Waals surface area contributed by atoms with Gasteiger partial charge in [-0.2, -0.15) is 0 Å². The number of carbonyl (C=O) groups is 1. The average Bonchev–Trinajstić information content (AvgIpc) is 2.39. The summed E-state index contributed by atoms with van der Waals surface area (Å²) in [5, 5.41) is 0. The van der Waals surface area contributed by atoms with Gasteiger partial charge in [-0.3, -0.25) is 4.79 Å². The van der Waals surface area contributed by atoms with Crippen LogP contribution in [0.5, 0.6) is 0 Å². The second-order valence-electron chi connectivity index (χ2n) is 4.95. The molecule has 0 saturated carbocycles. The Bertz CT molecular complexity index is 242. The summed E-state index contributed by atoms with van der Waals surface area (Å²) in [5.74, 6) is 0.000256. The second-order valence-corrected chi connectivity index (χ2v) is 4.95. The van der Waals surface area contributed by atoms with Crippen LogP contribution >= 0.6 is 0 Å². The van der Waals surface area contributed by atoms with Gasteiger partial charge in [0.15, 0.2) is 0 Å². The minimum absolute atomic E-state index is 0.000256. The minimum atomic E-state index is -0.422. The van der Waals surface area contributed by atoms with Crippen LogP contribution < -0.4 is 5.73 Å². The molecule has 0 spiro atoms. The van der Waals surface area contributed by atoms with Gasteiger partial charge in [-0.1, -0.05) is 0 Å². The van der Waals surface area contributed by atoms with Crippen LogP contribution in [0.4, 0.5) is 0 Å². The number of carbonyl (C=O) groups excluding carboxylic acids is 1. The molecule has 18 heavy (non-hydrogen) atoms. The number of likely N-dealkylation sites (N-methyl/N-ethyl adjacent to an activating group) is 1. The molecule has 2 N–H and O–H groups in total. The number of hydrogen-bond donors (Lipinski definition) is 1. The standard InChI is InChI=1S/C13H26N2O3/c1-15(10-11-6-3-4-9-18-11)13(16)12(14)7-5-8-17-2/h11-12H,3-10,14H2,1-2H3. The van der Waals surface area contributed by atoms with Crippen LogP contribution in [0.3, 0.4) is 0 Å². The van der Waals surface area contributed by atoms with Gasteiger partial charge in [0.2, 0.25) is 5.91 Å². The van der Waals surface area contributed by atoms with Crippen molar-refractivity contribution in [3.8, 4) is 0 Å². The maximum atomic E-state index is 12.0. The van der Waals surface area contributed by atoms with Crippen molar-refractivity contribution in [1.29, 1.82) is 0 Å². The molecular formula is C13H26N2O3. The first-order valence-corrected chi connectivity index (χ1v) is 6.76. The normalized spacial score (nSPS) is 21.6. The molecule has 5 nitrogen and oxygen atoms in total. The van der Waals surface area contributed by atoms with E-state index in [1.807, 2.05) is 0 Å². The van der Waals surface area contributed by atoms with Crippen LogP contribution in [0.1, 0.15) is 32.1 Å². The molecule has 0 aromatic heterocycles. The molecule has 5 heteroatoms. The lowest BCUT2D eigenvalue weighted by molar-refractivity contribution is -0.133. The van der Waals surface area contributed by atoms with Crippen molar-refractivity contribution in [1.82, 2.24) is 4.90 Å². The van der Waals surface area contributed by atoms with Crippen molar-refractivity contribution in [3.05, 3.63) is 0 Å². The number of hydrogen-bond acceptors (Lipinski definition) is 4. The summed E-state index contributed by atoms with van der Waals surface area (Å²) in [6, 6.07) is -0.422. The summed E-state index contributed by atoms with van der Waals surface area (Å²) in [6.45, 7) is 2.11. The Morgan fingerprint density at radius 2 is 2.33 bits per heavy atom. The summed E-state index contributed by atoms with van der Waals surface area (Å²) in [6.07, 6.45) is 5.02. The molecular weight excluding hydrogens is 232 g/mol. The van der Waals surface area contributed by atoms with E-state index >= 15 is 0 Å². The molecule has 0 radical (unpaired) electrons. The van der Waals surface area contributed by atoms with Crippen LogP contribution in [0, 0.1) is 0 Å². The van der Waals surface area contributed by atoms with E-state index in [4.69, 9.17) is 15.2 Å². The third-order valence-corrected chi connectivity index (χ3v) is 3.31. The molecule has 1 aliphatic rings. The van der Waals surface area contributed by atoms with Gasteiger partial charge in [-0.15, -0.1) is 0 Å². The smallest absolute Gasteiger partial charge is 0.239 e. The number of ether oxygens (including phenoxy) is 2. The lowest BCUT2D eigenvalue weighted by Crippen LogP contribution is -2.45. The van der Waals surface area contributed by atoms with Gasteiger partial charge in [0.1, 0.15) is 0 Å². The Balaban J connectivity index is 2.25. The second kappa shape index (κ2) is 8.45. The van der Waals surface area contributed by atoms with Crippen LogP contribution in [0.2, 0.25) is 0 Å². The van der Waals surface area contributed by atoms with Crippen molar-refractivity contribution in [2.45, 2.75) is 44.2 Å². The van der Waals surface area contributed by atoms with Crippen LogP contribution in [0.25, 0.3) is 0 Å². The Hall–Kier alpha value is -0.650. The zero-order valence-corrected chi connectivity index (χ0v) is 11.6. The van der Waals surface area contributed by atoms with Gasteiger partial charge < -0.3 is 20.1 Å². The van der Waals surface area contributed by atoms with E-state index in [0.29, 0.717) is 19.6 Å². The molecule has 1 fully saturated rings. The monoisotopic (exact) mass is 258 g/mol. The van der Waals surface area contributed by atoms with Crippen molar-refractivity contribution in [2.75, 3.05) is 33.9 Å². The molecule has 1 saturated heterocycles. The Kier molecular flexibility index (Phi) is 7.23. The number of rotatable bonds is 7. The minimum Gasteiger partial charge on any atom is -0.385 e. The van der Waals surface area contributed by atoms with E-state index in [9.17, 15) is 4.79 Å². The molecule has 1 amide bonds. The topological polar surface area (TPSA) is 64.8 Å². The Morgan fingerprint density at radius 3 is 2.94 bits per heavy atom. The molecule has 0 bridgehead atoms. The fraction of sp³-hybridized carbons (Fsp3) is 0.923. The van der Waals surface area contributed by atoms with E-state index in [1.165, 1.54) is 6.42 Å². The number of amides is 1. The molecule has 2 atom stereocenters. The van der Waals surface area contributed by atoms with Gasteiger partial charge in [0.25, 0.3) is 0 Å². The van der Waals surface area contributed by atoms with Crippen molar-refractivity contribution >= 4 is 5.91 Å². The summed E-state index contributed by atoms with van der Waals surface area (Å²) >= 11 is 0.